The molecule has 2 fully saturated rings. The number of rotatable bonds is 5. The van der Waals surface area contributed by atoms with Crippen molar-refractivity contribution in [2.24, 2.45) is 5.92 Å². The number of carbonyl (C=O) groups is 4. The summed E-state index contributed by atoms with van der Waals surface area (Å²) in [4.78, 5) is 65.2. The van der Waals surface area contributed by atoms with E-state index >= 15 is 0 Å². The van der Waals surface area contributed by atoms with E-state index < -0.39 is 53.2 Å². The number of hydrogen-bond donors (Lipinski definition) is 4. The summed E-state index contributed by atoms with van der Waals surface area (Å²) in [6.45, 7) is 5.17. The Balaban J connectivity index is 1.33. The van der Waals surface area contributed by atoms with Crippen LogP contribution >= 0.6 is 11.3 Å². The Kier molecular flexibility index (Phi) is 9.52. The molecule has 3 unspecified atom stereocenters. The van der Waals surface area contributed by atoms with Crippen LogP contribution in [0.15, 0.2) is 47.9 Å². The predicted octanol–water partition coefficient (Wildman–Crippen LogP) is 4.79. The zero-order valence-electron chi connectivity index (χ0n) is 27.7. The summed E-state index contributed by atoms with van der Waals surface area (Å²) < 4.78 is 11.9. The maximum Gasteiger partial charge on any atom is 0.408 e. The van der Waals surface area contributed by atoms with Gasteiger partial charge < -0.3 is 35.2 Å². The number of thiophene rings is 1. The maximum atomic E-state index is 14.3. The van der Waals surface area contributed by atoms with E-state index in [9.17, 15) is 29.4 Å². The predicted molar refractivity (Wildman–Crippen MR) is 181 cm³/mol. The van der Waals surface area contributed by atoms with Crippen LogP contribution in [0.5, 0.6) is 11.6 Å². The maximum absolute atomic E-state index is 14.3. The molecule has 1 saturated heterocycles. The Hall–Kier alpha value is -4.72. The zero-order chi connectivity index (χ0) is 34.9. The van der Waals surface area contributed by atoms with Crippen LogP contribution in [-0.4, -0.2) is 84.8 Å². The number of phenolic OH excluding ortho intramolecular Hbond substituents is 1. The molecule has 1 aromatic carbocycles. The minimum absolute atomic E-state index is 0.0218. The molecule has 0 spiro atoms. The molecule has 3 aromatic rings. The third-order valence-corrected chi connectivity index (χ3v) is 9.84. The number of nitrogens with zero attached hydrogens (tertiary/aromatic N) is 3. The second kappa shape index (κ2) is 13.7. The van der Waals surface area contributed by atoms with E-state index in [2.05, 4.69) is 10.6 Å². The van der Waals surface area contributed by atoms with E-state index in [4.69, 9.17) is 19.4 Å². The average Bonchev–Trinajstić information content (AvgIpc) is 3.33. The Morgan fingerprint density at radius 2 is 1.94 bits per heavy atom. The Morgan fingerprint density at radius 1 is 1.12 bits per heavy atom. The van der Waals surface area contributed by atoms with Gasteiger partial charge in [-0.25, -0.2) is 19.6 Å². The molecular formula is C35H41N5O8S. The monoisotopic (exact) mass is 691 g/mol. The van der Waals surface area contributed by atoms with Crippen molar-refractivity contribution in [3.8, 4) is 22.2 Å². The first-order valence-corrected chi connectivity index (χ1v) is 17.4. The second-order valence-electron chi connectivity index (χ2n) is 13.9. The summed E-state index contributed by atoms with van der Waals surface area (Å²) in [6.07, 6.45) is 5.94. The van der Waals surface area contributed by atoms with Crippen molar-refractivity contribution in [3.05, 3.63) is 47.9 Å². The van der Waals surface area contributed by atoms with Crippen LogP contribution in [0.25, 0.3) is 21.6 Å². The number of hydrogen-bond acceptors (Lipinski definition) is 10. The smallest absolute Gasteiger partial charge is 0.408 e. The summed E-state index contributed by atoms with van der Waals surface area (Å²) in [5.74, 6) is -2.36. The van der Waals surface area contributed by atoms with Crippen molar-refractivity contribution in [3.63, 3.8) is 0 Å². The molecule has 0 radical (unpaired) electrons. The fraction of sp³-hybridized carbons (Fsp3) is 0.486. The molecule has 2 aliphatic heterocycles. The van der Waals surface area contributed by atoms with Gasteiger partial charge in [0.1, 0.15) is 40.8 Å². The summed E-state index contributed by atoms with van der Waals surface area (Å²) >= 11 is 1.43. The van der Waals surface area contributed by atoms with Crippen LogP contribution in [0, 0.1) is 5.92 Å². The molecule has 5 atom stereocenters. The van der Waals surface area contributed by atoms with Gasteiger partial charge in [0.25, 0.3) is 0 Å². The number of fused-ring (bicyclic) bond motifs is 3. The van der Waals surface area contributed by atoms with E-state index in [1.165, 1.54) is 28.4 Å². The lowest BCUT2D eigenvalue weighted by Crippen LogP contribution is -2.56. The lowest BCUT2D eigenvalue weighted by molar-refractivity contribution is -0.145. The highest BCUT2D eigenvalue weighted by atomic mass is 32.1. The van der Waals surface area contributed by atoms with Crippen LogP contribution in [0.1, 0.15) is 65.7 Å². The van der Waals surface area contributed by atoms with Gasteiger partial charge in [0, 0.05) is 18.4 Å². The Labute approximate surface area is 287 Å². The lowest BCUT2D eigenvalue weighted by Gasteiger charge is -2.30. The van der Waals surface area contributed by atoms with Crippen molar-refractivity contribution in [1.82, 2.24) is 25.5 Å². The summed E-state index contributed by atoms with van der Waals surface area (Å²) in [6, 6.07) is 6.29. The normalized spacial score (nSPS) is 26.8. The number of carbonyl (C=O) groups excluding carboxylic acids is 3. The van der Waals surface area contributed by atoms with Crippen molar-refractivity contribution in [2.45, 2.75) is 95.0 Å². The average molecular weight is 692 g/mol. The molecule has 4 heterocycles. The SMILES string of the molecule is CC(C)(C)OC(=O)N[C@@H]1CCCCC/C=C\C2CC2(C(=O)O)NC(=O)C2C[C@@H](Oc3nc4ccc(O)cc4nc3-c3cccs3)CN2C1=O. The third-order valence-electron chi connectivity index (χ3n) is 8.96. The van der Waals surface area contributed by atoms with Crippen LogP contribution < -0.4 is 15.4 Å². The minimum Gasteiger partial charge on any atom is -0.508 e. The molecular weight excluding hydrogens is 650 g/mol. The number of carboxylic acids is 1. The number of allylic oxidation sites excluding steroid dienone is 1. The number of aromatic nitrogens is 2. The number of alkyl carbamates (subject to hydrolysis) is 1. The van der Waals surface area contributed by atoms with Crippen LogP contribution in [0.2, 0.25) is 0 Å². The van der Waals surface area contributed by atoms with Crippen molar-refractivity contribution in [2.75, 3.05) is 6.54 Å². The fourth-order valence-corrected chi connectivity index (χ4v) is 7.14. The molecule has 4 N–H and O–H groups in total. The molecule has 6 rings (SSSR count). The van der Waals surface area contributed by atoms with Crippen LogP contribution in [0.3, 0.4) is 0 Å². The van der Waals surface area contributed by atoms with Crippen molar-refractivity contribution >= 4 is 46.2 Å². The Morgan fingerprint density at radius 3 is 2.67 bits per heavy atom. The quantitative estimate of drug-likeness (QED) is 0.272. The van der Waals surface area contributed by atoms with E-state index in [1.807, 2.05) is 29.7 Å². The highest BCUT2D eigenvalue weighted by molar-refractivity contribution is 7.13. The Bertz CT molecular complexity index is 1770. The van der Waals surface area contributed by atoms with Gasteiger partial charge in [-0.2, -0.15) is 0 Å². The molecule has 260 valence electrons. The minimum atomic E-state index is -1.46. The zero-order valence-corrected chi connectivity index (χ0v) is 28.5. The number of carboxylic acid groups (broad SMARTS) is 1. The number of nitrogens with one attached hydrogen (secondary N) is 2. The van der Waals surface area contributed by atoms with Gasteiger partial charge in [0.15, 0.2) is 0 Å². The van der Waals surface area contributed by atoms with E-state index in [0.29, 0.717) is 29.6 Å². The number of aliphatic carboxylic acids is 1. The highest BCUT2D eigenvalue weighted by Gasteiger charge is 2.61. The molecule has 13 nitrogen and oxygen atoms in total. The highest BCUT2D eigenvalue weighted by Crippen LogP contribution is 2.45. The number of benzene rings is 1. The van der Waals surface area contributed by atoms with Crippen LogP contribution in [0.4, 0.5) is 4.79 Å². The van der Waals surface area contributed by atoms with Crippen molar-refractivity contribution < 1.29 is 38.9 Å². The van der Waals surface area contributed by atoms with Gasteiger partial charge in [-0.3, -0.25) is 9.59 Å². The van der Waals surface area contributed by atoms with Gasteiger partial charge in [0.2, 0.25) is 17.7 Å². The topological polar surface area (TPSA) is 180 Å². The largest absolute Gasteiger partial charge is 0.508 e. The number of aromatic hydroxyl groups is 1. The number of ether oxygens (including phenoxy) is 2. The number of amides is 3. The molecule has 0 bridgehead atoms. The summed E-state index contributed by atoms with van der Waals surface area (Å²) in [5, 5.41) is 27.6. The third kappa shape index (κ3) is 7.64. The first kappa shape index (κ1) is 34.2. The molecule has 3 amide bonds. The standard InChI is InChI=1S/C35H41N5O8S/c1-34(2,3)48-33(46)38-24-11-8-6-4-5-7-10-20-18-35(20,32(44)45)39-29(42)26-17-22(19-40(26)31(24)43)47-30-28(27-12-9-15-49-27)36-25-16-21(41)13-14-23(25)37-30/h7,9-10,12-16,20,22,24,26,41H,4-6,8,11,17-19H2,1-3H3,(H,38,46)(H,39,42)(H,44,45)/b10-7-/t20?,22-,24-,26?,35?/m1/s1. The van der Waals surface area contributed by atoms with Gasteiger partial charge in [0.05, 0.1) is 22.5 Å². The summed E-state index contributed by atoms with van der Waals surface area (Å²) in [7, 11) is 0. The van der Waals surface area contributed by atoms with Crippen LogP contribution in [-0.2, 0) is 19.1 Å². The van der Waals surface area contributed by atoms with Gasteiger partial charge in [-0.1, -0.05) is 31.1 Å². The second-order valence-corrected chi connectivity index (χ2v) is 14.8. The fourth-order valence-electron chi connectivity index (χ4n) is 6.44. The molecule has 3 aliphatic rings. The van der Waals surface area contributed by atoms with E-state index in [-0.39, 0.29) is 36.9 Å². The molecule has 1 aliphatic carbocycles. The first-order chi connectivity index (χ1) is 23.3. The van der Waals surface area contributed by atoms with Crippen molar-refractivity contribution in [1.29, 1.82) is 0 Å². The van der Waals surface area contributed by atoms with Gasteiger partial charge in [-0.15, -0.1) is 11.3 Å². The molecule has 14 heteroatoms. The van der Waals surface area contributed by atoms with Gasteiger partial charge >= 0.3 is 12.1 Å². The van der Waals surface area contributed by atoms with E-state index in [0.717, 1.165) is 24.1 Å². The summed E-state index contributed by atoms with van der Waals surface area (Å²) in [5.41, 5.74) is -0.868. The van der Waals surface area contributed by atoms with Gasteiger partial charge in [-0.05, 0) is 70.0 Å². The lowest BCUT2D eigenvalue weighted by atomic mass is 10.0. The van der Waals surface area contributed by atoms with E-state index in [1.54, 1.807) is 26.8 Å². The number of phenols is 1. The molecule has 2 aromatic heterocycles. The first-order valence-electron chi connectivity index (χ1n) is 16.6. The molecule has 1 saturated carbocycles. The molecule has 49 heavy (non-hydrogen) atoms.